The van der Waals surface area contributed by atoms with Gasteiger partial charge in [0.05, 0.1) is 6.42 Å². The molecule has 2 nitrogen and oxygen atoms in total. The fraction of sp³-hybridized carbons (Fsp3) is 0.188. The number of hydrogen-bond donors (Lipinski definition) is 1. The topological polar surface area (TPSA) is 29.1 Å². The smallest absolute Gasteiger partial charge is 0.228 e. The Morgan fingerprint density at radius 3 is 2.53 bits per heavy atom. The van der Waals surface area contributed by atoms with Crippen LogP contribution in [0.1, 0.15) is 16.7 Å². The number of anilines is 1. The number of carbonyl (C=O) groups is 1. The monoisotopic (exact) mass is 257 g/mol. The summed E-state index contributed by atoms with van der Waals surface area (Å²) in [7, 11) is 0. The molecule has 2 aromatic carbocycles. The van der Waals surface area contributed by atoms with Crippen LogP contribution in [0.5, 0.6) is 0 Å². The summed E-state index contributed by atoms with van der Waals surface area (Å²) in [5.74, 6) is -0.564. The van der Waals surface area contributed by atoms with Crippen molar-refractivity contribution < 1.29 is 9.18 Å². The van der Waals surface area contributed by atoms with Gasteiger partial charge in [0.25, 0.3) is 0 Å². The summed E-state index contributed by atoms with van der Waals surface area (Å²) >= 11 is 0. The van der Waals surface area contributed by atoms with Gasteiger partial charge in [-0.3, -0.25) is 4.79 Å². The highest BCUT2D eigenvalue weighted by molar-refractivity contribution is 5.92. The summed E-state index contributed by atoms with van der Waals surface area (Å²) < 4.78 is 13.4. The average Bonchev–Trinajstić information content (AvgIpc) is 2.37. The van der Waals surface area contributed by atoms with E-state index in [9.17, 15) is 9.18 Å². The quantitative estimate of drug-likeness (QED) is 0.894. The molecule has 98 valence electrons. The van der Waals surface area contributed by atoms with Crippen molar-refractivity contribution in [3.63, 3.8) is 0 Å². The Balaban J connectivity index is 2.05. The zero-order chi connectivity index (χ0) is 13.8. The predicted octanol–water partition coefficient (Wildman–Crippen LogP) is 3.62. The molecule has 2 aromatic rings. The minimum Gasteiger partial charge on any atom is -0.326 e. The van der Waals surface area contributed by atoms with Gasteiger partial charge in [0.15, 0.2) is 0 Å². The van der Waals surface area contributed by atoms with Gasteiger partial charge in [0, 0.05) is 5.69 Å². The molecular weight excluding hydrogens is 241 g/mol. The van der Waals surface area contributed by atoms with Crippen LogP contribution in [0, 0.1) is 19.7 Å². The fourth-order valence-corrected chi connectivity index (χ4v) is 1.84. The lowest BCUT2D eigenvalue weighted by Gasteiger charge is -2.08. The third-order valence-corrected chi connectivity index (χ3v) is 3.10. The number of benzene rings is 2. The predicted molar refractivity (Wildman–Crippen MR) is 74.6 cm³/mol. The minimum absolute atomic E-state index is 0.0413. The highest BCUT2D eigenvalue weighted by Gasteiger charge is 2.08. The lowest BCUT2D eigenvalue weighted by atomic mass is 10.1. The van der Waals surface area contributed by atoms with E-state index in [0.717, 1.165) is 11.3 Å². The average molecular weight is 257 g/mol. The Morgan fingerprint density at radius 1 is 1.11 bits per heavy atom. The van der Waals surface area contributed by atoms with Crippen molar-refractivity contribution in [1.82, 2.24) is 0 Å². The van der Waals surface area contributed by atoms with Gasteiger partial charge in [-0.1, -0.05) is 24.3 Å². The molecule has 0 aromatic heterocycles. The molecule has 0 heterocycles. The molecule has 0 saturated heterocycles. The van der Waals surface area contributed by atoms with Gasteiger partial charge in [0.1, 0.15) is 5.82 Å². The van der Waals surface area contributed by atoms with Gasteiger partial charge in [-0.25, -0.2) is 4.39 Å². The van der Waals surface area contributed by atoms with Crippen molar-refractivity contribution in [1.29, 1.82) is 0 Å². The lowest BCUT2D eigenvalue weighted by Crippen LogP contribution is -2.15. The zero-order valence-corrected chi connectivity index (χ0v) is 11.0. The van der Waals surface area contributed by atoms with Crippen LogP contribution >= 0.6 is 0 Å². The third-order valence-electron chi connectivity index (χ3n) is 3.10. The third kappa shape index (κ3) is 3.41. The molecule has 0 bridgehead atoms. The van der Waals surface area contributed by atoms with Crippen molar-refractivity contribution in [3.8, 4) is 0 Å². The molecule has 3 heteroatoms. The highest BCUT2D eigenvalue weighted by Crippen LogP contribution is 2.15. The Bertz CT molecular complexity index is 607. The molecule has 0 aliphatic heterocycles. The highest BCUT2D eigenvalue weighted by atomic mass is 19.1. The second-order valence-corrected chi connectivity index (χ2v) is 4.62. The first-order chi connectivity index (χ1) is 9.06. The van der Waals surface area contributed by atoms with Crippen molar-refractivity contribution >= 4 is 11.6 Å². The second-order valence-electron chi connectivity index (χ2n) is 4.62. The van der Waals surface area contributed by atoms with Crippen molar-refractivity contribution in [2.75, 3.05) is 5.32 Å². The van der Waals surface area contributed by atoms with Crippen molar-refractivity contribution in [3.05, 3.63) is 65.0 Å². The summed E-state index contributed by atoms with van der Waals surface area (Å²) in [6, 6.07) is 12.0. The lowest BCUT2D eigenvalue weighted by molar-refractivity contribution is -0.115. The van der Waals surface area contributed by atoms with Crippen LogP contribution < -0.4 is 5.32 Å². The van der Waals surface area contributed by atoms with Crippen LogP contribution in [-0.4, -0.2) is 5.91 Å². The molecule has 0 aliphatic rings. The summed E-state index contributed by atoms with van der Waals surface area (Å²) in [5.41, 5.74) is 3.43. The van der Waals surface area contributed by atoms with Gasteiger partial charge in [-0.15, -0.1) is 0 Å². The van der Waals surface area contributed by atoms with E-state index in [1.165, 1.54) is 11.6 Å². The summed E-state index contributed by atoms with van der Waals surface area (Å²) in [6.07, 6.45) is 0.0413. The van der Waals surface area contributed by atoms with Crippen LogP contribution in [0.3, 0.4) is 0 Å². The van der Waals surface area contributed by atoms with Gasteiger partial charge >= 0.3 is 0 Å². The number of hydrogen-bond acceptors (Lipinski definition) is 1. The maximum absolute atomic E-state index is 13.4. The second kappa shape index (κ2) is 5.65. The first-order valence-corrected chi connectivity index (χ1v) is 6.17. The molecule has 19 heavy (non-hydrogen) atoms. The summed E-state index contributed by atoms with van der Waals surface area (Å²) in [5, 5.41) is 2.78. The number of aryl methyl sites for hydroxylation is 2. The largest absolute Gasteiger partial charge is 0.326 e. The van der Waals surface area contributed by atoms with E-state index in [4.69, 9.17) is 0 Å². The zero-order valence-electron chi connectivity index (χ0n) is 11.0. The Hall–Kier alpha value is -2.16. The van der Waals surface area contributed by atoms with E-state index >= 15 is 0 Å². The molecule has 1 amide bonds. The molecule has 0 radical (unpaired) electrons. The van der Waals surface area contributed by atoms with Crippen LogP contribution in [-0.2, 0) is 11.2 Å². The first-order valence-electron chi connectivity index (χ1n) is 6.17. The minimum atomic E-state index is -0.349. The molecule has 0 unspecified atom stereocenters. The first kappa shape index (κ1) is 13.3. The SMILES string of the molecule is Cc1ccc(NC(=O)Cc2ccccc2F)cc1C. The van der Waals surface area contributed by atoms with Gasteiger partial charge in [-0.05, 0) is 48.7 Å². The Kier molecular flexibility index (Phi) is 3.95. The number of carbonyl (C=O) groups excluding carboxylic acids is 1. The standard InChI is InChI=1S/C16H16FNO/c1-11-7-8-14(9-12(11)2)18-16(19)10-13-5-3-4-6-15(13)17/h3-9H,10H2,1-2H3,(H,18,19). The van der Waals surface area contributed by atoms with E-state index in [2.05, 4.69) is 5.32 Å². The molecule has 0 saturated carbocycles. The molecule has 2 rings (SSSR count). The maximum Gasteiger partial charge on any atom is 0.228 e. The number of nitrogens with one attached hydrogen (secondary N) is 1. The van der Waals surface area contributed by atoms with E-state index < -0.39 is 0 Å². The van der Waals surface area contributed by atoms with Crippen molar-refractivity contribution in [2.24, 2.45) is 0 Å². The molecular formula is C16H16FNO. The number of halogens is 1. The van der Waals surface area contributed by atoms with Crippen LogP contribution in [0.2, 0.25) is 0 Å². The van der Waals surface area contributed by atoms with E-state index in [1.54, 1.807) is 18.2 Å². The molecule has 0 atom stereocenters. The van der Waals surface area contributed by atoms with Gasteiger partial charge in [0.2, 0.25) is 5.91 Å². The van der Waals surface area contributed by atoms with Gasteiger partial charge < -0.3 is 5.32 Å². The van der Waals surface area contributed by atoms with E-state index in [-0.39, 0.29) is 18.1 Å². The Labute approximate surface area is 112 Å². The normalized spacial score (nSPS) is 10.3. The van der Waals surface area contributed by atoms with Crippen molar-refractivity contribution in [2.45, 2.75) is 20.3 Å². The van der Waals surface area contributed by atoms with Gasteiger partial charge in [-0.2, -0.15) is 0 Å². The van der Waals surface area contributed by atoms with Crippen LogP contribution in [0.25, 0.3) is 0 Å². The number of rotatable bonds is 3. The van der Waals surface area contributed by atoms with Crippen LogP contribution in [0.4, 0.5) is 10.1 Å². The molecule has 1 N–H and O–H groups in total. The molecule has 0 aliphatic carbocycles. The fourth-order valence-electron chi connectivity index (χ4n) is 1.84. The van der Waals surface area contributed by atoms with Crippen LogP contribution in [0.15, 0.2) is 42.5 Å². The number of amides is 1. The Morgan fingerprint density at radius 2 is 1.84 bits per heavy atom. The molecule has 0 spiro atoms. The summed E-state index contributed by atoms with van der Waals surface area (Å²) in [6.45, 7) is 4.00. The summed E-state index contributed by atoms with van der Waals surface area (Å²) in [4.78, 5) is 11.9. The molecule has 0 fully saturated rings. The maximum atomic E-state index is 13.4. The van der Waals surface area contributed by atoms with E-state index in [0.29, 0.717) is 5.56 Å². The van der Waals surface area contributed by atoms with E-state index in [1.807, 2.05) is 32.0 Å².